The summed E-state index contributed by atoms with van der Waals surface area (Å²) in [4.78, 5) is 29.4. The summed E-state index contributed by atoms with van der Waals surface area (Å²) in [5.41, 5.74) is 9.33. The van der Waals surface area contributed by atoms with Crippen LogP contribution in [0.5, 0.6) is 5.88 Å². The number of amidine groups is 1. The van der Waals surface area contributed by atoms with Crippen LogP contribution in [0.4, 0.5) is 14.6 Å². The van der Waals surface area contributed by atoms with E-state index in [9.17, 15) is 13.6 Å². The van der Waals surface area contributed by atoms with Crippen molar-refractivity contribution in [3.63, 3.8) is 0 Å². The number of methoxy groups -OCH3 is 1. The van der Waals surface area contributed by atoms with Gasteiger partial charge < -0.3 is 20.5 Å². The molecule has 1 aromatic carbocycles. The predicted molar refractivity (Wildman–Crippen MR) is 142 cm³/mol. The molecule has 0 bridgehead atoms. The molecule has 3 aromatic rings. The monoisotopic (exact) mass is 534 g/mol. The fourth-order valence-electron chi connectivity index (χ4n) is 4.61. The number of halogens is 2. The van der Waals surface area contributed by atoms with Crippen molar-refractivity contribution >= 4 is 23.2 Å². The number of aromatic nitrogens is 3. The third-order valence-electron chi connectivity index (χ3n) is 6.98. The SMILES string of the molecule is CN=C(Nc1cncc(OC2CC(F)(F)C2)n1)C(=CN)c1ccc(-c2ccc(C3(C(=O)OC)CC3)cc2)cn1. The Balaban J connectivity index is 1.27. The van der Waals surface area contributed by atoms with Crippen molar-refractivity contribution in [1.29, 1.82) is 0 Å². The van der Waals surface area contributed by atoms with Gasteiger partial charge in [-0.15, -0.1) is 0 Å². The summed E-state index contributed by atoms with van der Waals surface area (Å²) in [5, 5.41) is 3.05. The lowest BCUT2D eigenvalue weighted by Gasteiger charge is -2.34. The van der Waals surface area contributed by atoms with E-state index in [0.29, 0.717) is 22.9 Å². The number of alkyl halides is 2. The molecule has 0 atom stereocenters. The summed E-state index contributed by atoms with van der Waals surface area (Å²) in [7, 11) is 3.01. The van der Waals surface area contributed by atoms with Gasteiger partial charge in [-0.3, -0.25) is 19.8 Å². The molecule has 2 aromatic heterocycles. The van der Waals surface area contributed by atoms with E-state index in [1.54, 1.807) is 13.2 Å². The van der Waals surface area contributed by atoms with Crippen molar-refractivity contribution < 1.29 is 23.0 Å². The molecule has 0 radical (unpaired) electrons. The van der Waals surface area contributed by atoms with Crippen LogP contribution < -0.4 is 15.8 Å². The number of pyridine rings is 1. The second-order valence-corrected chi connectivity index (χ2v) is 9.61. The number of rotatable bonds is 8. The van der Waals surface area contributed by atoms with Crippen LogP contribution in [0.15, 0.2) is 66.2 Å². The molecule has 202 valence electrons. The van der Waals surface area contributed by atoms with Gasteiger partial charge in [0.25, 0.3) is 5.92 Å². The Hall–Kier alpha value is -4.41. The fourth-order valence-corrected chi connectivity index (χ4v) is 4.61. The maximum Gasteiger partial charge on any atom is 0.316 e. The average Bonchev–Trinajstić information content (AvgIpc) is 3.74. The maximum atomic E-state index is 13.1. The second-order valence-electron chi connectivity index (χ2n) is 9.61. The van der Waals surface area contributed by atoms with Gasteiger partial charge in [0.2, 0.25) is 5.88 Å². The standard InChI is InChI=1S/C28H28F2N6O3/c1-32-25(36-23-15-33-16-24(35-23)39-20-11-28(29,30)12-20)21(13-31)22-8-5-18(14-34-22)17-3-6-19(7-4-17)27(9-10-27)26(37)38-2/h3-8,13-16,20H,9-12,31H2,1-2H3,(H,32,35,36). The van der Waals surface area contributed by atoms with E-state index in [-0.39, 0.29) is 24.7 Å². The minimum absolute atomic E-state index is 0.141. The topological polar surface area (TPSA) is 125 Å². The zero-order chi connectivity index (χ0) is 27.6. The number of benzene rings is 1. The molecule has 2 heterocycles. The largest absolute Gasteiger partial charge is 0.473 e. The number of carbonyl (C=O) groups is 1. The van der Waals surface area contributed by atoms with Crippen molar-refractivity contribution in [3.8, 4) is 17.0 Å². The van der Waals surface area contributed by atoms with Gasteiger partial charge in [0, 0.05) is 37.8 Å². The molecule has 2 aliphatic rings. The van der Waals surface area contributed by atoms with Gasteiger partial charge in [0.1, 0.15) is 11.9 Å². The minimum Gasteiger partial charge on any atom is -0.473 e. The first kappa shape index (κ1) is 26.2. The molecule has 0 aliphatic heterocycles. The summed E-state index contributed by atoms with van der Waals surface area (Å²) < 4.78 is 36.7. The summed E-state index contributed by atoms with van der Waals surface area (Å²) in [6.07, 6.45) is 6.27. The number of aliphatic imine (C=N–C) groups is 1. The lowest BCUT2D eigenvalue weighted by atomic mass is 9.91. The number of nitrogens with two attached hydrogens (primary N) is 1. The van der Waals surface area contributed by atoms with Crippen LogP contribution in [-0.2, 0) is 14.9 Å². The highest BCUT2D eigenvalue weighted by Crippen LogP contribution is 2.49. The molecule has 0 spiro atoms. The van der Waals surface area contributed by atoms with Gasteiger partial charge in [-0.25, -0.2) is 8.78 Å². The molecule has 0 amide bonds. The van der Waals surface area contributed by atoms with Gasteiger partial charge in [0.15, 0.2) is 5.82 Å². The van der Waals surface area contributed by atoms with Gasteiger partial charge in [-0.05, 0) is 30.0 Å². The Kier molecular flexibility index (Phi) is 6.98. The van der Waals surface area contributed by atoms with Crippen LogP contribution in [0.3, 0.4) is 0 Å². The van der Waals surface area contributed by atoms with E-state index < -0.39 is 17.4 Å². The lowest BCUT2D eigenvalue weighted by Crippen LogP contribution is -2.43. The van der Waals surface area contributed by atoms with Crippen molar-refractivity contribution in [2.75, 3.05) is 19.5 Å². The lowest BCUT2D eigenvalue weighted by molar-refractivity contribution is -0.143. The third-order valence-corrected chi connectivity index (χ3v) is 6.98. The molecule has 11 heteroatoms. The van der Waals surface area contributed by atoms with Crippen molar-refractivity contribution in [2.24, 2.45) is 10.7 Å². The van der Waals surface area contributed by atoms with E-state index in [2.05, 4.69) is 25.3 Å². The van der Waals surface area contributed by atoms with Crippen LogP contribution in [0.25, 0.3) is 16.7 Å². The summed E-state index contributed by atoms with van der Waals surface area (Å²) in [5.74, 6) is -2.04. The van der Waals surface area contributed by atoms with Crippen molar-refractivity contribution in [2.45, 2.75) is 43.1 Å². The minimum atomic E-state index is -2.69. The molecule has 3 N–H and O–H groups in total. The van der Waals surface area contributed by atoms with E-state index >= 15 is 0 Å². The van der Waals surface area contributed by atoms with Crippen molar-refractivity contribution in [1.82, 2.24) is 15.0 Å². The Labute approximate surface area is 224 Å². The number of hydrogen-bond acceptors (Lipinski definition) is 8. The maximum absolute atomic E-state index is 13.1. The zero-order valence-corrected chi connectivity index (χ0v) is 21.5. The van der Waals surface area contributed by atoms with Gasteiger partial charge in [0.05, 0.1) is 36.2 Å². The summed E-state index contributed by atoms with van der Waals surface area (Å²) >= 11 is 0. The molecular weight excluding hydrogens is 506 g/mol. The first-order chi connectivity index (χ1) is 18.8. The van der Waals surface area contributed by atoms with E-state index in [1.807, 2.05) is 36.4 Å². The summed E-state index contributed by atoms with van der Waals surface area (Å²) in [6.45, 7) is 0. The Morgan fingerprint density at radius 2 is 1.82 bits per heavy atom. The number of esters is 1. The van der Waals surface area contributed by atoms with E-state index in [1.165, 1.54) is 25.7 Å². The van der Waals surface area contributed by atoms with Gasteiger partial charge >= 0.3 is 5.97 Å². The van der Waals surface area contributed by atoms with Crippen LogP contribution in [0, 0.1) is 0 Å². The number of hydrogen-bond donors (Lipinski definition) is 2. The third kappa shape index (κ3) is 5.43. The van der Waals surface area contributed by atoms with Crippen molar-refractivity contribution in [3.05, 3.63) is 72.4 Å². The quantitative estimate of drug-likeness (QED) is 0.248. The molecule has 5 rings (SSSR count). The first-order valence-electron chi connectivity index (χ1n) is 12.5. The molecule has 9 nitrogen and oxygen atoms in total. The highest BCUT2D eigenvalue weighted by Gasteiger charge is 2.52. The average molecular weight is 535 g/mol. The number of ether oxygens (including phenoxy) is 2. The van der Waals surface area contributed by atoms with E-state index in [0.717, 1.165) is 29.5 Å². The molecule has 0 saturated heterocycles. The zero-order valence-electron chi connectivity index (χ0n) is 21.5. The van der Waals surface area contributed by atoms with Crippen LogP contribution in [0.2, 0.25) is 0 Å². The Morgan fingerprint density at radius 3 is 2.38 bits per heavy atom. The number of nitrogens with zero attached hydrogens (tertiary/aromatic N) is 4. The smallest absolute Gasteiger partial charge is 0.316 e. The number of carbonyl (C=O) groups excluding carboxylic acids is 1. The second kappa shape index (κ2) is 10.4. The fraction of sp³-hybridized carbons (Fsp3) is 0.321. The molecule has 2 aliphatic carbocycles. The van der Waals surface area contributed by atoms with Crippen LogP contribution in [0.1, 0.15) is 36.9 Å². The summed E-state index contributed by atoms with van der Waals surface area (Å²) in [6, 6.07) is 11.6. The van der Waals surface area contributed by atoms with Gasteiger partial charge in [-0.1, -0.05) is 30.3 Å². The Bertz CT molecular complexity index is 1410. The normalized spacial score (nSPS) is 18.2. The molecule has 2 fully saturated rings. The predicted octanol–water partition coefficient (Wildman–Crippen LogP) is 4.36. The first-order valence-corrected chi connectivity index (χ1v) is 12.5. The molecular formula is C28H28F2N6O3. The number of anilines is 1. The highest BCUT2D eigenvalue weighted by atomic mass is 19.3. The molecule has 0 unspecified atom stereocenters. The van der Waals surface area contributed by atoms with Crippen LogP contribution >= 0.6 is 0 Å². The number of nitrogens with one attached hydrogen (secondary N) is 1. The molecule has 2 saturated carbocycles. The Morgan fingerprint density at radius 1 is 1.10 bits per heavy atom. The molecule has 39 heavy (non-hydrogen) atoms. The highest BCUT2D eigenvalue weighted by molar-refractivity contribution is 6.27. The van der Waals surface area contributed by atoms with Crippen LogP contribution in [-0.4, -0.2) is 52.9 Å². The van der Waals surface area contributed by atoms with Gasteiger partial charge in [-0.2, -0.15) is 4.98 Å². The van der Waals surface area contributed by atoms with E-state index in [4.69, 9.17) is 15.2 Å².